The van der Waals surface area contributed by atoms with Gasteiger partial charge in [-0.25, -0.2) is 0 Å². The van der Waals surface area contributed by atoms with Gasteiger partial charge in [-0.15, -0.1) is 0 Å². The van der Waals surface area contributed by atoms with E-state index < -0.39 is 9.85 Å². The highest BCUT2D eigenvalue weighted by Gasteiger charge is 2.04. The highest BCUT2D eigenvalue weighted by Crippen LogP contribution is 2.11. The minimum Gasteiger partial charge on any atom is -0.279 e. The number of hydrogen-bond acceptors (Lipinski definition) is 8. The van der Waals surface area contributed by atoms with Crippen molar-refractivity contribution in [1.82, 2.24) is 10.0 Å². The van der Waals surface area contributed by atoms with Crippen LogP contribution in [0.3, 0.4) is 0 Å². The van der Waals surface area contributed by atoms with Gasteiger partial charge >= 0.3 is 0 Å². The fraction of sp³-hybridized carbons (Fsp3) is 0.176. The Morgan fingerprint density at radius 1 is 0.778 bits per heavy atom. The lowest BCUT2D eigenvalue weighted by Gasteiger charge is -2.19. The van der Waals surface area contributed by atoms with Crippen molar-refractivity contribution in [2.45, 2.75) is 0 Å². The van der Waals surface area contributed by atoms with Crippen molar-refractivity contribution in [3.8, 4) is 0 Å². The molecule has 0 saturated carbocycles. The number of non-ortho nitro benzene ring substituents is 2. The Hall–Kier alpha value is -3.82. The summed E-state index contributed by atoms with van der Waals surface area (Å²) in [5, 5.41) is 33.0. The molecule has 2 aromatic rings. The lowest BCUT2D eigenvalue weighted by molar-refractivity contribution is -0.385. The zero-order chi connectivity index (χ0) is 19.8. The first kappa shape index (κ1) is 19.5. The highest BCUT2D eigenvalue weighted by molar-refractivity contribution is 5.80. The van der Waals surface area contributed by atoms with Gasteiger partial charge < -0.3 is 0 Å². The monoisotopic (exact) mass is 370 g/mol. The van der Waals surface area contributed by atoms with Crippen molar-refractivity contribution in [3.05, 3.63) is 79.9 Å². The SMILES string of the molecule is CN(CN(C)/N=C\c1ccc([N+](=O)[O-])cc1)/N=C\c1ccc([N+](=O)[O-])cc1. The molecule has 2 aromatic carbocycles. The van der Waals surface area contributed by atoms with Crippen LogP contribution < -0.4 is 0 Å². The van der Waals surface area contributed by atoms with Crippen molar-refractivity contribution in [1.29, 1.82) is 0 Å². The first-order chi connectivity index (χ1) is 12.8. The third kappa shape index (κ3) is 6.20. The molecule has 0 N–H and O–H groups in total. The number of hydrogen-bond donors (Lipinski definition) is 0. The van der Waals surface area contributed by atoms with Gasteiger partial charge in [0.05, 0.1) is 22.3 Å². The molecule has 0 atom stereocenters. The summed E-state index contributed by atoms with van der Waals surface area (Å²) in [6.07, 6.45) is 3.19. The second-order valence-corrected chi connectivity index (χ2v) is 5.64. The summed E-state index contributed by atoms with van der Waals surface area (Å²) in [5.74, 6) is 0. The molecule has 27 heavy (non-hydrogen) atoms. The highest BCUT2D eigenvalue weighted by atomic mass is 16.6. The predicted octanol–water partition coefficient (Wildman–Crippen LogP) is 2.69. The standard InChI is InChI=1S/C17H18N6O4/c1-20(18-11-14-3-7-16(8-4-14)22(24)25)13-21(2)19-12-15-5-9-17(10-6-15)23(26)27/h3-12H,13H2,1-2H3/b18-11-,19-12-. The Morgan fingerprint density at radius 3 is 1.41 bits per heavy atom. The average Bonchev–Trinajstić information content (AvgIpc) is 2.65. The number of nitro benzene ring substituents is 2. The van der Waals surface area contributed by atoms with Crippen molar-refractivity contribution in [2.75, 3.05) is 20.8 Å². The molecule has 0 fully saturated rings. The molecule has 0 aliphatic heterocycles. The molecule has 2 rings (SSSR count). The summed E-state index contributed by atoms with van der Waals surface area (Å²) < 4.78 is 0. The fourth-order valence-electron chi connectivity index (χ4n) is 2.06. The first-order valence-corrected chi connectivity index (χ1v) is 7.84. The van der Waals surface area contributed by atoms with Gasteiger partial charge in [0.2, 0.25) is 0 Å². The molecular weight excluding hydrogens is 352 g/mol. The molecule has 0 amide bonds. The largest absolute Gasteiger partial charge is 0.279 e. The summed E-state index contributed by atoms with van der Waals surface area (Å²) in [6, 6.07) is 12.1. The van der Waals surface area contributed by atoms with Crippen molar-refractivity contribution < 1.29 is 9.85 Å². The van der Waals surface area contributed by atoms with E-state index in [1.54, 1.807) is 60.8 Å². The van der Waals surface area contributed by atoms with Crippen LogP contribution in [-0.4, -0.2) is 53.1 Å². The summed E-state index contributed by atoms with van der Waals surface area (Å²) in [7, 11) is 3.53. The number of hydrazone groups is 2. The molecule has 0 aliphatic rings. The zero-order valence-corrected chi connectivity index (χ0v) is 14.8. The van der Waals surface area contributed by atoms with E-state index in [1.807, 2.05) is 0 Å². The number of nitrogens with zero attached hydrogens (tertiary/aromatic N) is 6. The quantitative estimate of drug-likeness (QED) is 0.305. The number of nitro groups is 2. The second kappa shape index (κ2) is 9.04. The van der Waals surface area contributed by atoms with Crippen LogP contribution in [0, 0.1) is 20.2 Å². The van der Waals surface area contributed by atoms with Gasteiger partial charge in [0.1, 0.15) is 6.67 Å². The smallest absolute Gasteiger partial charge is 0.269 e. The van der Waals surface area contributed by atoms with Crippen LogP contribution in [0.5, 0.6) is 0 Å². The normalized spacial score (nSPS) is 11.0. The van der Waals surface area contributed by atoms with E-state index in [1.165, 1.54) is 24.3 Å². The van der Waals surface area contributed by atoms with E-state index in [9.17, 15) is 20.2 Å². The summed E-state index contributed by atoms with van der Waals surface area (Å²) >= 11 is 0. The summed E-state index contributed by atoms with van der Waals surface area (Å²) in [5.41, 5.74) is 1.54. The molecule has 0 bridgehead atoms. The van der Waals surface area contributed by atoms with E-state index in [0.29, 0.717) is 6.67 Å². The molecule has 0 aromatic heterocycles. The maximum Gasteiger partial charge on any atom is 0.269 e. The third-order valence-corrected chi connectivity index (χ3v) is 3.42. The lowest BCUT2D eigenvalue weighted by Crippen LogP contribution is -2.26. The summed E-state index contributed by atoms with van der Waals surface area (Å²) in [4.78, 5) is 20.3. The topological polar surface area (TPSA) is 117 Å². The van der Waals surface area contributed by atoms with E-state index in [0.717, 1.165) is 11.1 Å². The number of rotatable bonds is 8. The van der Waals surface area contributed by atoms with Crippen LogP contribution in [0.4, 0.5) is 11.4 Å². The van der Waals surface area contributed by atoms with Crippen LogP contribution in [0.15, 0.2) is 58.7 Å². The molecule has 0 unspecified atom stereocenters. The molecule has 0 spiro atoms. The van der Waals surface area contributed by atoms with Gasteiger partial charge in [0.25, 0.3) is 11.4 Å². The molecule has 0 radical (unpaired) electrons. The van der Waals surface area contributed by atoms with Crippen LogP contribution in [0.1, 0.15) is 11.1 Å². The van der Waals surface area contributed by atoms with E-state index in [4.69, 9.17) is 0 Å². The van der Waals surface area contributed by atoms with E-state index in [-0.39, 0.29) is 11.4 Å². The molecule has 10 heteroatoms. The average molecular weight is 370 g/mol. The van der Waals surface area contributed by atoms with Gasteiger partial charge in [-0.3, -0.25) is 30.2 Å². The number of benzene rings is 2. The van der Waals surface area contributed by atoms with Crippen molar-refractivity contribution in [2.24, 2.45) is 10.2 Å². The summed E-state index contributed by atoms with van der Waals surface area (Å²) in [6.45, 7) is 0.396. The Balaban J connectivity index is 1.87. The maximum absolute atomic E-state index is 10.6. The van der Waals surface area contributed by atoms with Crippen LogP contribution in [0.25, 0.3) is 0 Å². The maximum atomic E-state index is 10.6. The fourth-order valence-corrected chi connectivity index (χ4v) is 2.06. The Morgan fingerprint density at radius 2 is 1.11 bits per heavy atom. The van der Waals surface area contributed by atoms with Crippen molar-refractivity contribution in [3.63, 3.8) is 0 Å². The Bertz CT molecular complexity index is 777. The second-order valence-electron chi connectivity index (χ2n) is 5.64. The van der Waals surface area contributed by atoms with Crippen LogP contribution >= 0.6 is 0 Å². The van der Waals surface area contributed by atoms with Gasteiger partial charge in [-0.2, -0.15) is 10.2 Å². The Labute approximate surface area is 155 Å². The Kier molecular flexibility index (Phi) is 6.53. The van der Waals surface area contributed by atoms with Crippen molar-refractivity contribution >= 4 is 23.8 Å². The van der Waals surface area contributed by atoms with Gasteiger partial charge in [0, 0.05) is 38.4 Å². The molecule has 0 saturated heterocycles. The molecule has 0 aliphatic carbocycles. The zero-order valence-electron chi connectivity index (χ0n) is 14.8. The molecule has 10 nitrogen and oxygen atoms in total. The minimum atomic E-state index is -0.453. The molecule has 0 heterocycles. The third-order valence-electron chi connectivity index (χ3n) is 3.42. The van der Waals surface area contributed by atoms with Gasteiger partial charge in [0.15, 0.2) is 0 Å². The molecular formula is C17H18N6O4. The van der Waals surface area contributed by atoms with E-state index in [2.05, 4.69) is 10.2 Å². The molecule has 140 valence electrons. The van der Waals surface area contributed by atoms with Crippen LogP contribution in [0.2, 0.25) is 0 Å². The van der Waals surface area contributed by atoms with Gasteiger partial charge in [-0.05, 0) is 35.4 Å². The van der Waals surface area contributed by atoms with E-state index >= 15 is 0 Å². The van der Waals surface area contributed by atoms with Gasteiger partial charge in [-0.1, -0.05) is 0 Å². The van der Waals surface area contributed by atoms with Crippen LogP contribution in [-0.2, 0) is 0 Å². The predicted molar refractivity (Wildman–Crippen MR) is 102 cm³/mol. The minimum absolute atomic E-state index is 0.0285. The first-order valence-electron chi connectivity index (χ1n) is 7.84. The lowest BCUT2D eigenvalue weighted by atomic mass is 10.2.